The van der Waals surface area contributed by atoms with Gasteiger partial charge < -0.3 is 29.0 Å². The number of aryl methyl sites for hydroxylation is 1. The Kier molecular flexibility index (Phi) is 7.17. The number of carbonyl (C=O) groups is 2. The van der Waals surface area contributed by atoms with E-state index >= 15 is 0 Å². The highest BCUT2D eigenvalue weighted by atomic mass is 19.1. The number of hydrogen-bond acceptors (Lipinski definition) is 7. The summed E-state index contributed by atoms with van der Waals surface area (Å²) in [5.74, 6) is -2.05. The average Bonchev–Trinajstić information content (AvgIpc) is 3.29. The van der Waals surface area contributed by atoms with Crippen LogP contribution in [0.4, 0.5) is 10.4 Å². The number of carboxylic acids is 2. The van der Waals surface area contributed by atoms with Crippen LogP contribution in [0, 0.1) is 0 Å². The van der Waals surface area contributed by atoms with Crippen molar-refractivity contribution in [2.45, 2.75) is 25.4 Å². The Labute approximate surface area is 172 Å². The Bertz CT molecular complexity index is 872. The summed E-state index contributed by atoms with van der Waals surface area (Å²) in [6.45, 7) is 4.18. The van der Waals surface area contributed by atoms with Crippen molar-refractivity contribution < 1.29 is 28.6 Å². The largest absolute Gasteiger partial charge is 0.478 e. The van der Waals surface area contributed by atoms with Gasteiger partial charge in [0.15, 0.2) is 0 Å². The highest BCUT2D eigenvalue weighted by molar-refractivity contribution is 5.89. The van der Waals surface area contributed by atoms with Crippen molar-refractivity contribution in [1.82, 2.24) is 19.7 Å². The van der Waals surface area contributed by atoms with Crippen molar-refractivity contribution in [1.29, 1.82) is 0 Å². The maximum absolute atomic E-state index is 12.6. The fourth-order valence-electron chi connectivity index (χ4n) is 3.61. The van der Waals surface area contributed by atoms with E-state index in [2.05, 4.69) is 20.0 Å². The van der Waals surface area contributed by atoms with E-state index in [-0.39, 0.29) is 0 Å². The van der Waals surface area contributed by atoms with Crippen molar-refractivity contribution in [3.63, 3.8) is 0 Å². The molecule has 10 nitrogen and oxygen atoms in total. The summed E-state index contributed by atoms with van der Waals surface area (Å²) in [6.07, 6.45) is 5.25. The van der Waals surface area contributed by atoms with Gasteiger partial charge in [-0.3, -0.25) is 0 Å². The van der Waals surface area contributed by atoms with Gasteiger partial charge in [-0.05, 0) is 25.0 Å². The van der Waals surface area contributed by atoms with Crippen LogP contribution in [-0.4, -0.2) is 80.7 Å². The summed E-state index contributed by atoms with van der Waals surface area (Å²) in [5.41, 5.74) is 0.777. The molecular weight excluding hydrogens is 397 g/mol. The minimum Gasteiger partial charge on any atom is -0.478 e. The normalized spacial score (nSPS) is 20.6. The number of alkyl halides is 1. The SMILES string of the molecule is FCCn1cccc1-c1nnc(N2CCN3CCC2CC3)o1.O=C(O)/C=C/C(=O)O. The second kappa shape index (κ2) is 10.0. The number of anilines is 1. The number of aromatic nitrogens is 3. The van der Waals surface area contributed by atoms with Gasteiger partial charge in [0.1, 0.15) is 12.4 Å². The Balaban J connectivity index is 0.000000275. The number of carboxylic acid groups (broad SMARTS) is 2. The zero-order valence-corrected chi connectivity index (χ0v) is 16.4. The van der Waals surface area contributed by atoms with Crippen molar-refractivity contribution >= 4 is 18.0 Å². The zero-order chi connectivity index (χ0) is 21.5. The lowest BCUT2D eigenvalue weighted by atomic mass is 10.1. The molecule has 3 fully saturated rings. The minimum absolute atomic E-state index is 0.307. The molecule has 2 aromatic rings. The molecule has 0 amide bonds. The summed E-state index contributed by atoms with van der Waals surface area (Å²) < 4.78 is 20.3. The number of fused-ring (bicyclic) bond motifs is 4. The molecule has 2 N–H and O–H groups in total. The van der Waals surface area contributed by atoms with Crippen LogP contribution in [0.15, 0.2) is 34.9 Å². The van der Waals surface area contributed by atoms with E-state index in [1.807, 2.05) is 18.3 Å². The van der Waals surface area contributed by atoms with Crippen LogP contribution in [0.1, 0.15) is 12.8 Å². The third-order valence-corrected chi connectivity index (χ3v) is 5.06. The molecule has 3 saturated heterocycles. The second-order valence-corrected chi connectivity index (χ2v) is 6.94. The number of rotatable bonds is 6. The summed E-state index contributed by atoms with van der Waals surface area (Å²) in [7, 11) is 0. The van der Waals surface area contributed by atoms with E-state index in [0.717, 1.165) is 44.7 Å². The molecule has 5 rings (SSSR count). The van der Waals surface area contributed by atoms with E-state index in [1.165, 1.54) is 0 Å². The molecule has 0 saturated carbocycles. The molecular formula is C19H24FN5O5. The monoisotopic (exact) mass is 421 g/mol. The lowest BCUT2D eigenvalue weighted by molar-refractivity contribution is -0.134. The third-order valence-electron chi connectivity index (χ3n) is 5.06. The van der Waals surface area contributed by atoms with Gasteiger partial charge in [-0.25, -0.2) is 14.0 Å². The van der Waals surface area contributed by atoms with E-state index in [4.69, 9.17) is 14.6 Å². The molecule has 0 radical (unpaired) electrons. The third kappa shape index (κ3) is 5.44. The first kappa shape index (κ1) is 21.5. The van der Waals surface area contributed by atoms with Gasteiger partial charge in [0.2, 0.25) is 0 Å². The van der Waals surface area contributed by atoms with Crippen LogP contribution in [0.25, 0.3) is 11.6 Å². The number of piperidine rings is 1. The van der Waals surface area contributed by atoms with Gasteiger partial charge >= 0.3 is 18.0 Å². The first-order valence-corrected chi connectivity index (χ1v) is 9.66. The summed E-state index contributed by atoms with van der Waals surface area (Å²) in [6, 6.07) is 4.84. The average molecular weight is 421 g/mol. The predicted octanol–water partition coefficient (Wildman–Crippen LogP) is 1.50. The van der Waals surface area contributed by atoms with Crippen molar-refractivity contribution in [3.8, 4) is 11.6 Å². The number of aliphatic carboxylic acids is 2. The van der Waals surface area contributed by atoms with E-state index in [1.54, 1.807) is 4.57 Å². The first-order valence-electron chi connectivity index (χ1n) is 9.66. The van der Waals surface area contributed by atoms with E-state index < -0.39 is 18.6 Å². The smallest absolute Gasteiger partial charge is 0.328 e. The van der Waals surface area contributed by atoms with Crippen LogP contribution < -0.4 is 4.90 Å². The van der Waals surface area contributed by atoms with Crippen LogP contribution in [-0.2, 0) is 16.1 Å². The van der Waals surface area contributed by atoms with Crippen LogP contribution in [0.3, 0.4) is 0 Å². The summed E-state index contributed by atoms with van der Waals surface area (Å²) in [5, 5.41) is 24.0. The molecule has 2 aromatic heterocycles. The summed E-state index contributed by atoms with van der Waals surface area (Å²) in [4.78, 5) is 23.8. The van der Waals surface area contributed by atoms with Crippen LogP contribution in [0.2, 0.25) is 0 Å². The van der Waals surface area contributed by atoms with Crippen LogP contribution >= 0.6 is 0 Å². The van der Waals surface area contributed by atoms with Gasteiger partial charge in [0.05, 0.1) is 6.54 Å². The number of hydrogen-bond donors (Lipinski definition) is 2. The van der Waals surface area contributed by atoms with E-state index in [9.17, 15) is 14.0 Å². The molecule has 0 spiro atoms. The molecule has 0 aliphatic carbocycles. The van der Waals surface area contributed by atoms with Crippen molar-refractivity contribution in [3.05, 3.63) is 30.5 Å². The second-order valence-electron chi connectivity index (χ2n) is 6.94. The topological polar surface area (TPSA) is 125 Å². The number of nitrogens with zero attached hydrogens (tertiary/aromatic N) is 5. The quantitative estimate of drug-likeness (QED) is 0.668. The Morgan fingerprint density at radius 3 is 2.47 bits per heavy atom. The molecule has 0 atom stereocenters. The van der Waals surface area contributed by atoms with Gasteiger partial charge in [-0.2, -0.15) is 0 Å². The van der Waals surface area contributed by atoms with Gasteiger partial charge in [0.25, 0.3) is 5.89 Å². The van der Waals surface area contributed by atoms with E-state index in [0.29, 0.717) is 36.6 Å². The van der Waals surface area contributed by atoms with Crippen molar-refractivity contribution in [2.24, 2.45) is 0 Å². The summed E-state index contributed by atoms with van der Waals surface area (Å²) >= 11 is 0. The maximum atomic E-state index is 12.6. The first-order chi connectivity index (χ1) is 14.5. The van der Waals surface area contributed by atoms with Crippen LogP contribution in [0.5, 0.6) is 0 Å². The molecule has 0 aromatic carbocycles. The molecule has 0 unspecified atom stereocenters. The molecule has 3 aliphatic rings. The molecule has 30 heavy (non-hydrogen) atoms. The zero-order valence-electron chi connectivity index (χ0n) is 16.4. The van der Waals surface area contributed by atoms with Gasteiger partial charge in [-0.15, -0.1) is 5.10 Å². The molecule has 2 bridgehead atoms. The van der Waals surface area contributed by atoms with Gasteiger partial charge in [-0.1, -0.05) is 5.10 Å². The highest BCUT2D eigenvalue weighted by Gasteiger charge is 2.32. The Morgan fingerprint density at radius 1 is 1.13 bits per heavy atom. The lowest BCUT2D eigenvalue weighted by Crippen LogP contribution is -2.38. The molecule has 3 aliphatic heterocycles. The minimum atomic E-state index is -1.26. The Morgan fingerprint density at radius 2 is 1.83 bits per heavy atom. The fourth-order valence-corrected chi connectivity index (χ4v) is 3.61. The van der Waals surface area contributed by atoms with Gasteiger partial charge in [0, 0.05) is 50.6 Å². The molecule has 11 heteroatoms. The standard InChI is InChI=1S/C15H20FN5O.C4H4O4/c16-5-9-20-6-1-2-13(20)14-17-18-15(22-14)21-11-10-19-7-3-12(21)4-8-19;5-3(6)1-2-4(7)8/h1-2,6,12H,3-5,7-11H2;1-2H,(H,5,6)(H,7,8)/b;2-1+. The molecule has 5 heterocycles. The predicted molar refractivity (Wildman–Crippen MR) is 105 cm³/mol. The number of halogens is 1. The maximum Gasteiger partial charge on any atom is 0.328 e. The lowest BCUT2D eigenvalue weighted by Gasteiger charge is -2.29. The Hall–Kier alpha value is -3.21. The molecule has 162 valence electrons. The highest BCUT2D eigenvalue weighted by Crippen LogP contribution is 2.28. The van der Waals surface area contributed by atoms with Crippen molar-refractivity contribution in [2.75, 3.05) is 37.8 Å². The fraction of sp³-hybridized carbons (Fsp3) is 0.474.